The fraction of sp³-hybridized carbons (Fsp3) is 0.562. The van der Waals surface area contributed by atoms with Crippen molar-refractivity contribution in [2.45, 2.75) is 26.2 Å². The van der Waals surface area contributed by atoms with Crippen molar-refractivity contribution in [2.75, 3.05) is 37.8 Å². The third kappa shape index (κ3) is 4.36. The van der Waals surface area contributed by atoms with Crippen molar-refractivity contribution in [3.63, 3.8) is 0 Å². The van der Waals surface area contributed by atoms with Gasteiger partial charge in [0, 0.05) is 11.8 Å². The maximum Gasteiger partial charge on any atom is 0.238 e. The van der Waals surface area contributed by atoms with Gasteiger partial charge in [-0.25, -0.2) is 0 Å². The molecule has 0 spiro atoms. The molecule has 0 bridgehead atoms. The van der Waals surface area contributed by atoms with Crippen molar-refractivity contribution in [1.82, 2.24) is 4.90 Å². The number of hydrogen-bond donors (Lipinski definition) is 2. The van der Waals surface area contributed by atoms with Crippen LogP contribution in [0.3, 0.4) is 0 Å². The number of carbonyl (C=O) groups excluding carboxylic acids is 1. The third-order valence-corrected chi connectivity index (χ3v) is 4.15. The molecule has 1 aliphatic rings. The zero-order valence-electron chi connectivity index (χ0n) is 12.9. The average Bonchev–Trinajstić information content (AvgIpc) is 2.49. The minimum atomic E-state index is -0.00646. The summed E-state index contributed by atoms with van der Waals surface area (Å²) in [5.74, 6) is 1.41. The summed E-state index contributed by atoms with van der Waals surface area (Å²) < 4.78 is 5.24. The first-order valence-electron chi connectivity index (χ1n) is 7.58. The Kier molecular flexibility index (Phi) is 5.44. The summed E-state index contributed by atoms with van der Waals surface area (Å²) in [5.41, 5.74) is 6.99. The van der Waals surface area contributed by atoms with Gasteiger partial charge in [0.1, 0.15) is 5.75 Å². The number of anilines is 2. The van der Waals surface area contributed by atoms with Crippen LogP contribution in [0, 0.1) is 5.92 Å². The first-order chi connectivity index (χ1) is 10.1. The van der Waals surface area contributed by atoms with Crippen molar-refractivity contribution in [3.05, 3.63) is 18.2 Å². The maximum absolute atomic E-state index is 12.1. The van der Waals surface area contributed by atoms with E-state index in [1.165, 1.54) is 19.3 Å². The number of rotatable bonds is 5. The smallest absolute Gasteiger partial charge is 0.238 e. The lowest BCUT2D eigenvalue weighted by atomic mass is 9.94. The van der Waals surface area contributed by atoms with E-state index in [9.17, 15) is 4.79 Å². The molecule has 2 rings (SSSR count). The summed E-state index contributed by atoms with van der Waals surface area (Å²) in [6, 6.07) is 5.24. The number of nitrogen functional groups attached to an aromatic ring is 1. The van der Waals surface area contributed by atoms with E-state index >= 15 is 0 Å². The van der Waals surface area contributed by atoms with Crippen molar-refractivity contribution in [1.29, 1.82) is 0 Å². The van der Waals surface area contributed by atoms with Gasteiger partial charge in [0.15, 0.2) is 0 Å². The SMILES string of the molecule is CCC1CCN(CC(=O)Nc2ccc(N)cc2OC)CC1. The number of piperidine rings is 1. The molecule has 1 amide bonds. The number of amides is 1. The molecule has 0 unspecified atom stereocenters. The summed E-state index contributed by atoms with van der Waals surface area (Å²) >= 11 is 0. The van der Waals surface area contributed by atoms with Gasteiger partial charge in [-0.1, -0.05) is 13.3 Å². The summed E-state index contributed by atoms with van der Waals surface area (Å²) in [4.78, 5) is 14.4. The van der Waals surface area contributed by atoms with E-state index in [1.807, 2.05) is 0 Å². The molecule has 1 aliphatic heterocycles. The molecule has 1 saturated heterocycles. The number of carbonyl (C=O) groups is 1. The largest absolute Gasteiger partial charge is 0.494 e. The van der Waals surface area contributed by atoms with Crippen molar-refractivity contribution in [2.24, 2.45) is 5.92 Å². The Morgan fingerprint density at radius 1 is 1.43 bits per heavy atom. The zero-order valence-corrected chi connectivity index (χ0v) is 12.9. The van der Waals surface area contributed by atoms with Crippen LogP contribution in [-0.2, 0) is 4.79 Å². The molecule has 1 heterocycles. The van der Waals surface area contributed by atoms with Gasteiger partial charge >= 0.3 is 0 Å². The van der Waals surface area contributed by atoms with Crippen LogP contribution in [0.5, 0.6) is 5.75 Å². The normalized spacial score (nSPS) is 16.7. The fourth-order valence-electron chi connectivity index (χ4n) is 2.76. The quantitative estimate of drug-likeness (QED) is 0.817. The molecule has 1 fully saturated rings. The van der Waals surface area contributed by atoms with Gasteiger partial charge in [-0.15, -0.1) is 0 Å². The standard InChI is InChI=1S/C16H25N3O2/c1-3-12-6-8-19(9-7-12)11-16(20)18-14-5-4-13(17)10-15(14)21-2/h4-5,10,12H,3,6-9,11,17H2,1-2H3,(H,18,20). The summed E-state index contributed by atoms with van der Waals surface area (Å²) in [5, 5.41) is 2.90. The van der Waals surface area contributed by atoms with Gasteiger partial charge < -0.3 is 15.8 Å². The Morgan fingerprint density at radius 3 is 2.76 bits per heavy atom. The molecule has 1 aromatic rings. The van der Waals surface area contributed by atoms with E-state index in [2.05, 4.69) is 17.1 Å². The molecule has 0 aliphatic carbocycles. The zero-order chi connectivity index (χ0) is 15.2. The molecular formula is C16H25N3O2. The lowest BCUT2D eigenvalue weighted by Crippen LogP contribution is -2.39. The summed E-state index contributed by atoms with van der Waals surface area (Å²) in [6.45, 7) is 4.68. The fourth-order valence-corrected chi connectivity index (χ4v) is 2.76. The van der Waals surface area contributed by atoms with Crippen LogP contribution >= 0.6 is 0 Å². The second kappa shape index (κ2) is 7.31. The number of hydrogen-bond acceptors (Lipinski definition) is 4. The van der Waals surface area contributed by atoms with Crippen LogP contribution in [0.25, 0.3) is 0 Å². The average molecular weight is 291 g/mol. The maximum atomic E-state index is 12.1. The minimum absolute atomic E-state index is 0.00646. The van der Waals surface area contributed by atoms with E-state index in [1.54, 1.807) is 25.3 Å². The second-order valence-electron chi connectivity index (χ2n) is 5.64. The Balaban J connectivity index is 1.87. The highest BCUT2D eigenvalue weighted by atomic mass is 16.5. The highest BCUT2D eigenvalue weighted by Crippen LogP contribution is 2.26. The molecule has 0 aromatic heterocycles. The molecule has 21 heavy (non-hydrogen) atoms. The predicted octanol–water partition coefficient (Wildman–Crippen LogP) is 2.34. The Hall–Kier alpha value is -1.75. The number of likely N-dealkylation sites (tertiary alicyclic amines) is 1. The number of nitrogens with zero attached hydrogens (tertiary/aromatic N) is 1. The molecule has 3 N–H and O–H groups in total. The van der Waals surface area contributed by atoms with Gasteiger partial charge in [-0.05, 0) is 44.0 Å². The molecular weight excluding hydrogens is 266 g/mol. The lowest BCUT2D eigenvalue weighted by Gasteiger charge is -2.30. The van der Waals surface area contributed by atoms with E-state index in [0.717, 1.165) is 19.0 Å². The van der Waals surface area contributed by atoms with Gasteiger partial charge in [0.25, 0.3) is 0 Å². The van der Waals surface area contributed by atoms with Gasteiger partial charge in [-0.3, -0.25) is 9.69 Å². The minimum Gasteiger partial charge on any atom is -0.494 e. The van der Waals surface area contributed by atoms with Crippen LogP contribution < -0.4 is 15.8 Å². The van der Waals surface area contributed by atoms with Crippen LogP contribution in [-0.4, -0.2) is 37.6 Å². The number of ether oxygens (including phenoxy) is 1. The van der Waals surface area contributed by atoms with Crippen molar-refractivity contribution in [3.8, 4) is 5.75 Å². The van der Waals surface area contributed by atoms with Gasteiger partial charge in [0.05, 0.1) is 19.3 Å². The molecule has 0 saturated carbocycles. The van der Waals surface area contributed by atoms with E-state index in [4.69, 9.17) is 10.5 Å². The van der Waals surface area contributed by atoms with Crippen molar-refractivity contribution >= 4 is 17.3 Å². The van der Waals surface area contributed by atoms with Crippen LogP contribution in [0.2, 0.25) is 0 Å². The summed E-state index contributed by atoms with van der Waals surface area (Å²) in [7, 11) is 1.57. The van der Waals surface area contributed by atoms with E-state index < -0.39 is 0 Å². The topological polar surface area (TPSA) is 67.6 Å². The highest BCUT2D eigenvalue weighted by molar-refractivity contribution is 5.94. The lowest BCUT2D eigenvalue weighted by molar-refractivity contribution is -0.117. The number of methoxy groups -OCH3 is 1. The van der Waals surface area contributed by atoms with Gasteiger partial charge in [-0.2, -0.15) is 0 Å². The Morgan fingerprint density at radius 2 is 2.14 bits per heavy atom. The molecule has 0 radical (unpaired) electrons. The Labute approximate surface area is 126 Å². The number of nitrogens with two attached hydrogens (primary N) is 1. The first-order valence-corrected chi connectivity index (χ1v) is 7.58. The third-order valence-electron chi connectivity index (χ3n) is 4.15. The second-order valence-corrected chi connectivity index (χ2v) is 5.64. The monoisotopic (exact) mass is 291 g/mol. The number of benzene rings is 1. The molecule has 5 nitrogen and oxygen atoms in total. The highest BCUT2D eigenvalue weighted by Gasteiger charge is 2.20. The number of nitrogens with one attached hydrogen (secondary N) is 1. The molecule has 116 valence electrons. The van der Waals surface area contributed by atoms with Crippen LogP contribution in [0.1, 0.15) is 26.2 Å². The van der Waals surface area contributed by atoms with Crippen LogP contribution in [0.15, 0.2) is 18.2 Å². The van der Waals surface area contributed by atoms with Crippen LogP contribution in [0.4, 0.5) is 11.4 Å². The first kappa shape index (κ1) is 15.6. The van der Waals surface area contributed by atoms with Gasteiger partial charge in [0.2, 0.25) is 5.91 Å². The van der Waals surface area contributed by atoms with Crippen molar-refractivity contribution < 1.29 is 9.53 Å². The summed E-state index contributed by atoms with van der Waals surface area (Å²) in [6.07, 6.45) is 3.62. The Bertz CT molecular complexity index is 482. The predicted molar refractivity (Wildman–Crippen MR) is 85.5 cm³/mol. The van der Waals surface area contributed by atoms with E-state index in [0.29, 0.717) is 23.7 Å². The molecule has 1 aromatic carbocycles. The molecule has 0 atom stereocenters. The van der Waals surface area contributed by atoms with E-state index in [-0.39, 0.29) is 5.91 Å². The molecule has 5 heteroatoms.